The standard InChI is InChI=1S/C20H21ClN2O2/c1-3-19(24)23-11-10-15-12-16(6-9-18(15)23)20(25)22-13(2)14-4-7-17(21)8-5-14/h4-9,12-13H,3,10-11H2,1-2H3,(H,22,25)/t13-/m1/s1. The van der Waals surface area contributed by atoms with Crippen LogP contribution in [-0.2, 0) is 11.2 Å². The molecule has 130 valence electrons. The van der Waals surface area contributed by atoms with Crippen LogP contribution in [-0.4, -0.2) is 18.4 Å². The van der Waals surface area contributed by atoms with Crippen LogP contribution in [0, 0.1) is 0 Å². The minimum Gasteiger partial charge on any atom is -0.346 e. The van der Waals surface area contributed by atoms with Crippen molar-refractivity contribution >= 4 is 29.1 Å². The highest BCUT2D eigenvalue weighted by molar-refractivity contribution is 6.30. The van der Waals surface area contributed by atoms with Crippen molar-refractivity contribution in [2.45, 2.75) is 32.7 Å². The zero-order valence-corrected chi connectivity index (χ0v) is 15.1. The summed E-state index contributed by atoms with van der Waals surface area (Å²) in [4.78, 5) is 26.3. The smallest absolute Gasteiger partial charge is 0.251 e. The van der Waals surface area contributed by atoms with Crippen molar-refractivity contribution in [3.63, 3.8) is 0 Å². The van der Waals surface area contributed by atoms with Gasteiger partial charge in [0.2, 0.25) is 5.91 Å². The number of benzene rings is 2. The molecule has 2 aromatic carbocycles. The molecule has 2 aromatic rings. The number of nitrogens with one attached hydrogen (secondary N) is 1. The summed E-state index contributed by atoms with van der Waals surface area (Å²) in [6.07, 6.45) is 1.27. The van der Waals surface area contributed by atoms with Gasteiger partial charge in [0.05, 0.1) is 6.04 Å². The van der Waals surface area contributed by atoms with Gasteiger partial charge in [0.25, 0.3) is 5.91 Å². The Balaban J connectivity index is 1.73. The maximum Gasteiger partial charge on any atom is 0.251 e. The van der Waals surface area contributed by atoms with E-state index in [2.05, 4.69) is 5.32 Å². The van der Waals surface area contributed by atoms with Gasteiger partial charge >= 0.3 is 0 Å². The van der Waals surface area contributed by atoms with E-state index in [-0.39, 0.29) is 17.9 Å². The van der Waals surface area contributed by atoms with Crippen molar-refractivity contribution in [2.24, 2.45) is 0 Å². The molecule has 4 nitrogen and oxygen atoms in total. The lowest BCUT2D eigenvalue weighted by molar-refractivity contribution is -0.118. The summed E-state index contributed by atoms with van der Waals surface area (Å²) in [5.74, 6) is -0.00201. The number of halogens is 1. The van der Waals surface area contributed by atoms with Gasteiger partial charge in [0, 0.05) is 29.2 Å². The number of fused-ring (bicyclic) bond motifs is 1. The Morgan fingerprint density at radius 3 is 2.60 bits per heavy atom. The third-order valence-electron chi connectivity index (χ3n) is 4.56. The first-order chi connectivity index (χ1) is 12.0. The first kappa shape index (κ1) is 17.5. The van der Waals surface area contributed by atoms with Crippen LogP contribution in [0.4, 0.5) is 5.69 Å². The highest BCUT2D eigenvalue weighted by Crippen LogP contribution is 2.29. The lowest BCUT2D eigenvalue weighted by Crippen LogP contribution is -2.28. The summed E-state index contributed by atoms with van der Waals surface area (Å²) < 4.78 is 0. The van der Waals surface area contributed by atoms with Gasteiger partial charge in [0.1, 0.15) is 0 Å². The second-order valence-corrected chi connectivity index (χ2v) is 6.68. The van der Waals surface area contributed by atoms with E-state index in [0.717, 1.165) is 23.2 Å². The maximum atomic E-state index is 12.5. The molecular formula is C20H21ClN2O2. The predicted octanol–water partition coefficient (Wildman–Crippen LogP) is 4.13. The molecule has 0 saturated carbocycles. The molecule has 0 fully saturated rings. The molecule has 0 aromatic heterocycles. The van der Waals surface area contributed by atoms with E-state index in [4.69, 9.17) is 11.6 Å². The number of hydrogen-bond acceptors (Lipinski definition) is 2. The third-order valence-corrected chi connectivity index (χ3v) is 4.81. The molecule has 1 aliphatic rings. The molecule has 2 amide bonds. The molecule has 0 bridgehead atoms. The Bertz CT molecular complexity index is 802. The van der Waals surface area contributed by atoms with Crippen molar-refractivity contribution in [2.75, 3.05) is 11.4 Å². The van der Waals surface area contributed by atoms with Crippen LogP contribution in [0.3, 0.4) is 0 Å². The molecule has 5 heteroatoms. The average molecular weight is 357 g/mol. The van der Waals surface area contributed by atoms with E-state index in [1.54, 1.807) is 11.0 Å². The fourth-order valence-corrected chi connectivity index (χ4v) is 3.23. The molecule has 1 N–H and O–H groups in total. The van der Waals surface area contributed by atoms with E-state index >= 15 is 0 Å². The first-order valence-electron chi connectivity index (χ1n) is 8.49. The van der Waals surface area contributed by atoms with Crippen molar-refractivity contribution < 1.29 is 9.59 Å². The fraction of sp³-hybridized carbons (Fsp3) is 0.300. The Morgan fingerprint density at radius 2 is 1.92 bits per heavy atom. The number of rotatable bonds is 4. The zero-order chi connectivity index (χ0) is 18.0. The molecule has 0 saturated heterocycles. The quantitative estimate of drug-likeness (QED) is 0.895. The van der Waals surface area contributed by atoms with Crippen LogP contribution < -0.4 is 10.2 Å². The van der Waals surface area contributed by atoms with Crippen LogP contribution in [0.15, 0.2) is 42.5 Å². The third kappa shape index (κ3) is 3.69. The topological polar surface area (TPSA) is 49.4 Å². The van der Waals surface area contributed by atoms with Gasteiger partial charge in [-0.05, 0) is 54.8 Å². The minimum atomic E-state index is -0.120. The van der Waals surface area contributed by atoms with Gasteiger partial charge < -0.3 is 10.2 Å². The second-order valence-electron chi connectivity index (χ2n) is 6.24. The van der Waals surface area contributed by atoms with Gasteiger partial charge in [-0.3, -0.25) is 9.59 Å². The summed E-state index contributed by atoms with van der Waals surface area (Å²) in [6.45, 7) is 4.49. The van der Waals surface area contributed by atoms with Crippen LogP contribution in [0.1, 0.15) is 47.8 Å². The number of anilines is 1. The Morgan fingerprint density at radius 1 is 1.20 bits per heavy atom. The van der Waals surface area contributed by atoms with E-state index < -0.39 is 0 Å². The Labute approximate surface area is 152 Å². The van der Waals surface area contributed by atoms with Crippen LogP contribution >= 0.6 is 11.6 Å². The van der Waals surface area contributed by atoms with E-state index in [1.807, 2.05) is 50.2 Å². The van der Waals surface area contributed by atoms with E-state index in [9.17, 15) is 9.59 Å². The highest BCUT2D eigenvalue weighted by atomic mass is 35.5. The van der Waals surface area contributed by atoms with Crippen LogP contribution in [0.2, 0.25) is 5.02 Å². The monoisotopic (exact) mass is 356 g/mol. The summed E-state index contributed by atoms with van der Waals surface area (Å²) in [7, 11) is 0. The maximum absolute atomic E-state index is 12.5. The number of hydrogen-bond donors (Lipinski definition) is 1. The van der Waals surface area contributed by atoms with Gasteiger partial charge in [0.15, 0.2) is 0 Å². The normalized spacial score (nSPS) is 14.1. The van der Waals surface area contributed by atoms with Crippen molar-refractivity contribution in [3.8, 4) is 0 Å². The minimum absolute atomic E-state index is 0.115. The molecule has 1 heterocycles. The largest absolute Gasteiger partial charge is 0.346 e. The van der Waals surface area contributed by atoms with Gasteiger partial charge in [-0.25, -0.2) is 0 Å². The summed E-state index contributed by atoms with van der Waals surface area (Å²) in [5, 5.41) is 3.68. The van der Waals surface area contributed by atoms with Gasteiger partial charge in [-0.1, -0.05) is 30.7 Å². The van der Waals surface area contributed by atoms with Crippen molar-refractivity contribution in [1.82, 2.24) is 5.32 Å². The molecule has 0 radical (unpaired) electrons. The van der Waals surface area contributed by atoms with Gasteiger partial charge in [-0.2, -0.15) is 0 Å². The SMILES string of the molecule is CCC(=O)N1CCc2cc(C(=O)N[C@H](C)c3ccc(Cl)cc3)ccc21. The molecule has 1 atom stereocenters. The number of amides is 2. The second kappa shape index (κ2) is 7.28. The fourth-order valence-electron chi connectivity index (χ4n) is 3.11. The summed E-state index contributed by atoms with van der Waals surface area (Å²) in [6, 6.07) is 12.9. The van der Waals surface area contributed by atoms with Gasteiger partial charge in [-0.15, -0.1) is 0 Å². The molecule has 0 aliphatic carbocycles. The first-order valence-corrected chi connectivity index (χ1v) is 8.87. The van der Waals surface area contributed by atoms with E-state index in [0.29, 0.717) is 23.6 Å². The number of carbonyl (C=O) groups excluding carboxylic acids is 2. The molecular weight excluding hydrogens is 336 g/mol. The van der Waals surface area contributed by atoms with Crippen LogP contribution in [0.25, 0.3) is 0 Å². The predicted molar refractivity (Wildman–Crippen MR) is 100 cm³/mol. The van der Waals surface area contributed by atoms with Crippen LogP contribution in [0.5, 0.6) is 0 Å². The van der Waals surface area contributed by atoms with Crippen molar-refractivity contribution in [1.29, 1.82) is 0 Å². The Kier molecular flexibility index (Phi) is 5.09. The zero-order valence-electron chi connectivity index (χ0n) is 14.4. The number of carbonyl (C=O) groups is 2. The highest BCUT2D eigenvalue weighted by Gasteiger charge is 2.24. The molecule has 0 spiro atoms. The number of nitrogens with zero attached hydrogens (tertiary/aromatic N) is 1. The molecule has 3 rings (SSSR count). The molecule has 0 unspecified atom stereocenters. The molecule has 1 aliphatic heterocycles. The summed E-state index contributed by atoms with van der Waals surface area (Å²) >= 11 is 5.90. The lowest BCUT2D eigenvalue weighted by Gasteiger charge is -2.17. The molecule has 25 heavy (non-hydrogen) atoms. The lowest BCUT2D eigenvalue weighted by atomic mass is 10.1. The summed E-state index contributed by atoms with van der Waals surface area (Å²) in [5.41, 5.74) is 3.59. The average Bonchev–Trinajstić information content (AvgIpc) is 3.04. The van der Waals surface area contributed by atoms with E-state index in [1.165, 1.54) is 0 Å². The van der Waals surface area contributed by atoms with Crippen molar-refractivity contribution in [3.05, 3.63) is 64.2 Å². The Hall–Kier alpha value is -2.33.